The average Bonchev–Trinajstić information content (AvgIpc) is 3.08. The van der Waals surface area contributed by atoms with Gasteiger partial charge in [-0.25, -0.2) is 0 Å². The summed E-state index contributed by atoms with van der Waals surface area (Å²) < 4.78 is 6.07. The fourth-order valence-corrected chi connectivity index (χ4v) is 3.44. The van der Waals surface area contributed by atoms with Gasteiger partial charge in [0.05, 0.1) is 6.42 Å². The molecule has 108 valence electrons. The molecule has 1 aliphatic carbocycles. The number of hydrogen-bond donors (Lipinski definition) is 1. The second kappa shape index (κ2) is 4.66. The highest BCUT2D eigenvalue weighted by atomic mass is 35.5. The van der Waals surface area contributed by atoms with Crippen LogP contribution in [0.25, 0.3) is 0 Å². The largest absolute Gasteiger partial charge is 0.487 e. The highest BCUT2D eigenvalue weighted by molar-refractivity contribution is 6.30. The van der Waals surface area contributed by atoms with Gasteiger partial charge in [-0.1, -0.05) is 11.6 Å². The van der Waals surface area contributed by atoms with Gasteiger partial charge in [0.1, 0.15) is 11.4 Å². The van der Waals surface area contributed by atoms with Gasteiger partial charge in [0, 0.05) is 17.4 Å². The van der Waals surface area contributed by atoms with Gasteiger partial charge in [-0.3, -0.25) is 4.79 Å². The molecule has 0 saturated heterocycles. The lowest BCUT2D eigenvalue weighted by atomic mass is 9.88. The van der Waals surface area contributed by atoms with E-state index >= 15 is 0 Å². The van der Waals surface area contributed by atoms with E-state index in [1.54, 1.807) is 0 Å². The van der Waals surface area contributed by atoms with Crippen LogP contribution < -0.4 is 4.74 Å². The summed E-state index contributed by atoms with van der Waals surface area (Å²) in [6.07, 6.45) is 3.17. The Labute approximate surface area is 123 Å². The standard InChI is InChI=1S/C16H19ClO3/c1-16(2)8-10-5-11(17)6-13(15(10)20-16)12(7-14(18)19)9-3-4-9/h5-6,9,12H,3-4,7-8H2,1-2H3,(H,18,19). The zero-order chi connectivity index (χ0) is 14.5. The van der Waals surface area contributed by atoms with Gasteiger partial charge in [0.2, 0.25) is 0 Å². The van der Waals surface area contributed by atoms with E-state index in [4.69, 9.17) is 21.4 Å². The maximum absolute atomic E-state index is 11.2. The van der Waals surface area contributed by atoms with Crippen LogP contribution in [0.3, 0.4) is 0 Å². The molecule has 1 heterocycles. The fourth-order valence-electron chi connectivity index (χ4n) is 3.19. The second-order valence-electron chi connectivity index (χ2n) is 6.56. The van der Waals surface area contributed by atoms with E-state index in [1.807, 2.05) is 26.0 Å². The Balaban J connectivity index is 2.02. The van der Waals surface area contributed by atoms with Crippen LogP contribution in [-0.4, -0.2) is 16.7 Å². The first-order valence-corrected chi connectivity index (χ1v) is 7.47. The number of ether oxygens (including phenoxy) is 1. The van der Waals surface area contributed by atoms with Crippen LogP contribution in [0.15, 0.2) is 12.1 Å². The topological polar surface area (TPSA) is 46.5 Å². The second-order valence-corrected chi connectivity index (χ2v) is 7.00. The van der Waals surface area contributed by atoms with Crippen molar-refractivity contribution in [1.29, 1.82) is 0 Å². The van der Waals surface area contributed by atoms with Crippen molar-refractivity contribution in [1.82, 2.24) is 0 Å². The molecule has 1 aromatic rings. The van der Waals surface area contributed by atoms with Gasteiger partial charge in [-0.15, -0.1) is 0 Å². The molecule has 0 amide bonds. The predicted octanol–water partition coefficient (Wildman–Crippen LogP) is 4.02. The number of hydrogen-bond acceptors (Lipinski definition) is 2. The summed E-state index contributed by atoms with van der Waals surface area (Å²) in [4.78, 5) is 11.2. The maximum Gasteiger partial charge on any atom is 0.303 e. The number of aliphatic carboxylic acids is 1. The molecule has 1 aromatic carbocycles. The number of rotatable bonds is 4. The third-order valence-corrected chi connectivity index (χ3v) is 4.36. The van der Waals surface area contributed by atoms with Gasteiger partial charge in [-0.05, 0) is 55.9 Å². The SMILES string of the molecule is CC1(C)Cc2cc(Cl)cc(C(CC(=O)O)C3CC3)c2O1. The molecule has 1 N–H and O–H groups in total. The minimum absolute atomic E-state index is 0.0221. The first-order chi connectivity index (χ1) is 9.35. The Bertz CT molecular complexity index is 561. The van der Waals surface area contributed by atoms with Crippen molar-refractivity contribution in [2.24, 2.45) is 5.92 Å². The normalized spacial score (nSPS) is 21.1. The van der Waals surface area contributed by atoms with E-state index in [-0.39, 0.29) is 17.9 Å². The summed E-state index contributed by atoms with van der Waals surface area (Å²) in [5, 5.41) is 9.85. The van der Waals surface area contributed by atoms with Crippen LogP contribution in [0.2, 0.25) is 5.02 Å². The molecule has 0 bridgehead atoms. The highest BCUT2D eigenvalue weighted by Gasteiger charge is 2.39. The van der Waals surface area contributed by atoms with Crippen molar-refractivity contribution in [3.8, 4) is 5.75 Å². The van der Waals surface area contributed by atoms with Crippen molar-refractivity contribution in [3.05, 3.63) is 28.3 Å². The fraction of sp³-hybridized carbons (Fsp3) is 0.562. The zero-order valence-electron chi connectivity index (χ0n) is 11.8. The minimum Gasteiger partial charge on any atom is -0.487 e. The lowest BCUT2D eigenvalue weighted by Crippen LogP contribution is -2.25. The molecule has 1 unspecified atom stereocenters. The first-order valence-electron chi connectivity index (χ1n) is 7.09. The van der Waals surface area contributed by atoms with Crippen LogP contribution >= 0.6 is 11.6 Å². The predicted molar refractivity (Wildman–Crippen MR) is 77.6 cm³/mol. The van der Waals surface area contributed by atoms with Crippen molar-refractivity contribution < 1.29 is 14.6 Å². The molecular formula is C16H19ClO3. The molecular weight excluding hydrogens is 276 g/mol. The van der Waals surface area contributed by atoms with E-state index in [9.17, 15) is 4.79 Å². The Hall–Kier alpha value is -1.22. The van der Waals surface area contributed by atoms with E-state index < -0.39 is 5.97 Å². The number of carboxylic acid groups (broad SMARTS) is 1. The van der Waals surface area contributed by atoms with E-state index in [0.29, 0.717) is 10.9 Å². The third kappa shape index (κ3) is 2.64. The molecule has 0 spiro atoms. The first kappa shape index (κ1) is 13.7. The Morgan fingerprint density at radius 3 is 2.80 bits per heavy atom. The number of carboxylic acids is 1. The van der Waals surface area contributed by atoms with Crippen LogP contribution in [0, 0.1) is 5.92 Å². The summed E-state index contributed by atoms with van der Waals surface area (Å²) in [6.45, 7) is 4.10. The van der Waals surface area contributed by atoms with Crippen molar-refractivity contribution in [3.63, 3.8) is 0 Å². The van der Waals surface area contributed by atoms with Crippen molar-refractivity contribution in [2.45, 2.75) is 51.0 Å². The molecule has 2 aliphatic rings. The monoisotopic (exact) mass is 294 g/mol. The Morgan fingerprint density at radius 1 is 1.50 bits per heavy atom. The summed E-state index contributed by atoms with van der Waals surface area (Å²) in [5.41, 5.74) is 1.86. The van der Waals surface area contributed by atoms with E-state index in [1.165, 1.54) is 0 Å². The molecule has 0 aromatic heterocycles. The number of carbonyl (C=O) groups is 1. The molecule has 3 nitrogen and oxygen atoms in total. The van der Waals surface area contributed by atoms with Crippen LogP contribution in [0.5, 0.6) is 5.75 Å². The maximum atomic E-state index is 11.2. The van der Waals surface area contributed by atoms with Gasteiger partial charge in [0.25, 0.3) is 0 Å². The lowest BCUT2D eigenvalue weighted by molar-refractivity contribution is -0.137. The molecule has 3 rings (SSSR count). The summed E-state index contributed by atoms with van der Waals surface area (Å²) in [6, 6.07) is 3.84. The molecule has 0 radical (unpaired) electrons. The Kier molecular flexibility index (Phi) is 3.20. The lowest BCUT2D eigenvalue weighted by Gasteiger charge is -2.21. The third-order valence-electron chi connectivity index (χ3n) is 4.14. The molecule has 1 saturated carbocycles. The highest BCUT2D eigenvalue weighted by Crippen LogP contribution is 2.50. The summed E-state index contributed by atoms with van der Waals surface area (Å²) in [5.74, 6) is 0.597. The number of halogens is 1. The molecule has 1 aliphatic heterocycles. The quantitative estimate of drug-likeness (QED) is 0.912. The van der Waals surface area contributed by atoms with Crippen LogP contribution in [-0.2, 0) is 11.2 Å². The molecule has 20 heavy (non-hydrogen) atoms. The average molecular weight is 295 g/mol. The van der Waals surface area contributed by atoms with Crippen LogP contribution in [0.4, 0.5) is 0 Å². The summed E-state index contributed by atoms with van der Waals surface area (Å²) >= 11 is 6.22. The van der Waals surface area contributed by atoms with Crippen molar-refractivity contribution in [2.75, 3.05) is 0 Å². The van der Waals surface area contributed by atoms with Gasteiger partial charge < -0.3 is 9.84 Å². The number of benzene rings is 1. The summed E-state index contributed by atoms with van der Waals surface area (Å²) in [7, 11) is 0. The molecule has 4 heteroatoms. The molecule has 1 fully saturated rings. The number of fused-ring (bicyclic) bond motifs is 1. The van der Waals surface area contributed by atoms with E-state index in [0.717, 1.165) is 36.1 Å². The zero-order valence-corrected chi connectivity index (χ0v) is 12.5. The smallest absolute Gasteiger partial charge is 0.303 e. The van der Waals surface area contributed by atoms with Crippen LogP contribution in [0.1, 0.15) is 50.2 Å². The van der Waals surface area contributed by atoms with E-state index in [2.05, 4.69) is 0 Å². The van der Waals surface area contributed by atoms with Gasteiger partial charge in [0.15, 0.2) is 0 Å². The van der Waals surface area contributed by atoms with Gasteiger partial charge in [-0.2, -0.15) is 0 Å². The Morgan fingerprint density at radius 2 is 2.20 bits per heavy atom. The van der Waals surface area contributed by atoms with Crippen molar-refractivity contribution >= 4 is 17.6 Å². The minimum atomic E-state index is -0.757. The van der Waals surface area contributed by atoms with Gasteiger partial charge >= 0.3 is 5.97 Å². The molecule has 1 atom stereocenters.